The number of aromatic hydroxyl groups is 1. The number of rotatable bonds is 2. The summed E-state index contributed by atoms with van der Waals surface area (Å²) < 4.78 is 93.9. The molecule has 0 aliphatic heterocycles. The fourth-order valence-corrected chi connectivity index (χ4v) is 3.39. The van der Waals surface area contributed by atoms with E-state index in [2.05, 4.69) is 31.9 Å². The Balaban J connectivity index is 0.000000239. The highest BCUT2D eigenvalue weighted by molar-refractivity contribution is 9.10. The summed E-state index contributed by atoms with van der Waals surface area (Å²) in [6.45, 7) is 0. The van der Waals surface area contributed by atoms with Crippen molar-refractivity contribution in [3.63, 3.8) is 0 Å². The molecule has 0 radical (unpaired) electrons. The van der Waals surface area contributed by atoms with Crippen LogP contribution < -0.4 is 4.74 Å². The van der Waals surface area contributed by atoms with E-state index in [-0.39, 0.29) is 5.75 Å². The van der Waals surface area contributed by atoms with Crippen molar-refractivity contribution in [1.29, 1.82) is 10.5 Å². The van der Waals surface area contributed by atoms with Crippen molar-refractivity contribution in [2.45, 2.75) is 12.4 Å². The molecule has 0 aromatic heterocycles. The van der Waals surface area contributed by atoms with Gasteiger partial charge in [-0.25, -0.2) is 4.39 Å². The van der Waals surface area contributed by atoms with Crippen LogP contribution in [0.4, 0.5) is 30.7 Å². The van der Waals surface area contributed by atoms with Crippen LogP contribution in [-0.4, -0.2) is 5.11 Å². The van der Waals surface area contributed by atoms with Gasteiger partial charge in [-0.05, 0) is 84.9 Å². The van der Waals surface area contributed by atoms with Gasteiger partial charge in [0.05, 0.1) is 34.4 Å². The van der Waals surface area contributed by atoms with Crippen molar-refractivity contribution >= 4 is 31.9 Å². The van der Waals surface area contributed by atoms with E-state index >= 15 is 0 Å². The van der Waals surface area contributed by atoms with E-state index in [9.17, 15) is 30.7 Å². The smallest absolute Gasteiger partial charge is 0.417 e. The van der Waals surface area contributed by atoms with Crippen molar-refractivity contribution in [3.05, 3.63) is 122 Å². The first kappa shape index (κ1) is 33.1. The Morgan fingerprint density at radius 2 is 1.02 bits per heavy atom. The third kappa shape index (κ3) is 10.8. The van der Waals surface area contributed by atoms with Crippen molar-refractivity contribution in [1.82, 2.24) is 0 Å². The Kier molecular flexibility index (Phi) is 11.7. The number of phenolic OH excluding ortho intramolecular Hbond substituents is 1. The number of ether oxygens (including phenoxy) is 1. The van der Waals surface area contributed by atoms with Gasteiger partial charge in [0.1, 0.15) is 23.1 Å². The maximum atomic E-state index is 12.6. The molecule has 0 saturated heterocycles. The second kappa shape index (κ2) is 14.5. The van der Waals surface area contributed by atoms with Gasteiger partial charge >= 0.3 is 12.4 Å². The summed E-state index contributed by atoms with van der Waals surface area (Å²) >= 11 is 6.50. The van der Waals surface area contributed by atoms with Crippen LogP contribution in [0.3, 0.4) is 0 Å². The van der Waals surface area contributed by atoms with Gasteiger partial charge in [0, 0.05) is 8.95 Å². The summed E-state index contributed by atoms with van der Waals surface area (Å²) in [7, 11) is 0. The molecule has 0 heterocycles. The number of benzene rings is 4. The van der Waals surface area contributed by atoms with E-state index in [1.807, 2.05) is 0 Å². The van der Waals surface area contributed by atoms with Crippen molar-refractivity contribution in [3.8, 4) is 29.4 Å². The first-order valence-corrected chi connectivity index (χ1v) is 12.5. The predicted molar refractivity (Wildman–Crippen MR) is 142 cm³/mol. The van der Waals surface area contributed by atoms with Crippen LogP contribution in [0.2, 0.25) is 0 Å². The summed E-state index contributed by atoms with van der Waals surface area (Å²) in [4.78, 5) is 0. The van der Waals surface area contributed by atoms with E-state index in [0.717, 1.165) is 21.1 Å². The lowest BCUT2D eigenvalue weighted by molar-refractivity contribution is -0.138. The molecule has 4 nitrogen and oxygen atoms in total. The lowest BCUT2D eigenvalue weighted by atomic mass is 10.1. The van der Waals surface area contributed by atoms with Crippen LogP contribution in [0, 0.1) is 28.5 Å². The van der Waals surface area contributed by atoms with Crippen LogP contribution >= 0.6 is 31.9 Å². The normalized spacial score (nSPS) is 10.6. The molecular formula is C28H15Br2F7N2O2. The fourth-order valence-electron chi connectivity index (χ4n) is 2.86. The largest absolute Gasteiger partial charge is 0.508 e. The molecule has 212 valence electrons. The van der Waals surface area contributed by atoms with Gasteiger partial charge in [-0.15, -0.1) is 0 Å². The first-order valence-electron chi connectivity index (χ1n) is 10.9. The van der Waals surface area contributed by atoms with Crippen molar-refractivity contribution in [2.24, 2.45) is 0 Å². The Bertz CT molecular complexity index is 1520. The molecule has 0 unspecified atom stereocenters. The summed E-state index contributed by atoms with van der Waals surface area (Å²) in [5, 5.41) is 25.8. The zero-order valence-corrected chi connectivity index (χ0v) is 23.4. The fraction of sp³-hybridized carbons (Fsp3) is 0.0714. The van der Waals surface area contributed by atoms with E-state index in [4.69, 9.17) is 20.4 Å². The molecule has 0 amide bonds. The monoisotopic (exact) mass is 702 g/mol. The standard InChI is InChI=1S/C14H7BrF3NO.C8H3F4N.C6H5BrO/c15-10-1-3-11(4-2-10)20-12-5-6-13(14(16,17)18)9(7-12)8-19;9-6-1-2-7(8(10,11)12)5(3-6)4-13;7-5-1-3-6(8)4-2-5/h1-7H;1-3H;1-4,8H. The molecule has 0 fully saturated rings. The molecule has 0 atom stereocenters. The predicted octanol–water partition coefficient (Wildman–Crippen LogP) is 10.0. The minimum absolute atomic E-state index is 0.178. The topological polar surface area (TPSA) is 77.0 Å². The van der Waals surface area contributed by atoms with Crippen LogP contribution in [0.15, 0.2) is 93.9 Å². The summed E-state index contributed by atoms with van der Waals surface area (Å²) in [6, 6.07) is 21.3. The molecule has 0 bridgehead atoms. The third-order valence-corrected chi connectivity index (χ3v) is 5.76. The Morgan fingerprint density at radius 3 is 1.46 bits per heavy atom. The van der Waals surface area contributed by atoms with Gasteiger partial charge in [0.2, 0.25) is 0 Å². The first-order chi connectivity index (χ1) is 19.1. The molecule has 0 saturated carbocycles. The minimum Gasteiger partial charge on any atom is -0.508 e. The van der Waals surface area contributed by atoms with E-state index in [0.29, 0.717) is 29.7 Å². The summed E-state index contributed by atoms with van der Waals surface area (Å²) in [5.74, 6) is 0.0893. The number of hydrogen-bond acceptors (Lipinski definition) is 4. The van der Waals surface area contributed by atoms with Crippen molar-refractivity contribution < 1.29 is 40.6 Å². The molecule has 1 N–H and O–H groups in total. The van der Waals surface area contributed by atoms with Gasteiger partial charge < -0.3 is 9.84 Å². The van der Waals surface area contributed by atoms with Crippen LogP contribution in [0.25, 0.3) is 0 Å². The Hall–Kier alpha value is -4.07. The Labute approximate surface area is 246 Å². The SMILES string of the molecule is N#Cc1cc(F)ccc1C(F)(F)F.N#Cc1cc(Oc2ccc(Br)cc2)ccc1C(F)(F)F.Oc1ccc(Br)cc1. The lowest BCUT2D eigenvalue weighted by Crippen LogP contribution is -2.07. The van der Waals surface area contributed by atoms with Crippen LogP contribution in [-0.2, 0) is 12.4 Å². The highest BCUT2D eigenvalue weighted by Gasteiger charge is 2.34. The molecule has 0 aliphatic carbocycles. The third-order valence-electron chi connectivity index (χ3n) is 4.70. The van der Waals surface area contributed by atoms with Gasteiger partial charge in [-0.2, -0.15) is 36.9 Å². The number of nitrogens with zero attached hydrogens (tertiary/aromatic N) is 2. The molecule has 0 aliphatic rings. The van der Waals surface area contributed by atoms with Crippen molar-refractivity contribution in [2.75, 3.05) is 0 Å². The number of hydrogen-bond donors (Lipinski definition) is 1. The molecule has 4 aromatic carbocycles. The number of nitriles is 2. The highest BCUT2D eigenvalue weighted by Crippen LogP contribution is 2.35. The quantitative estimate of drug-likeness (QED) is 0.211. The number of phenols is 1. The number of halogens is 9. The van der Waals surface area contributed by atoms with Gasteiger partial charge in [-0.1, -0.05) is 31.9 Å². The van der Waals surface area contributed by atoms with Crippen LogP contribution in [0.5, 0.6) is 17.2 Å². The van der Waals surface area contributed by atoms with Gasteiger partial charge in [0.15, 0.2) is 0 Å². The summed E-state index contributed by atoms with van der Waals surface area (Å²) in [5.41, 5.74) is -3.25. The molecule has 13 heteroatoms. The average Bonchev–Trinajstić information content (AvgIpc) is 2.91. The van der Waals surface area contributed by atoms with E-state index in [1.54, 1.807) is 48.5 Å². The van der Waals surface area contributed by atoms with Crippen LogP contribution in [0.1, 0.15) is 22.3 Å². The van der Waals surface area contributed by atoms with E-state index < -0.39 is 40.4 Å². The van der Waals surface area contributed by atoms with E-state index in [1.165, 1.54) is 18.2 Å². The zero-order chi connectivity index (χ0) is 30.8. The highest BCUT2D eigenvalue weighted by atomic mass is 79.9. The lowest BCUT2D eigenvalue weighted by Gasteiger charge is -2.11. The van der Waals surface area contributed by atoms with Gasteiger partial charge in [-0.3, -0.25) is 0 Å². The molecule has 0 spiro atoms. The maximum Gasteiger partial charge on any atom is 0.417 e. The second-order valence-corrected chi connectivity index (χ2v) is 9.48. The average molecular weight is 704 g/mol. The zero-order valence-electron chi connectivity index (χ0n) is 20.2. The van der Waals surface area contributed by atoms with Gasteiger partial charge in [0.25, 0.3) is 0 Å². The second-order valence-electron chi connectivity index (χ2n) is 7.65. The molecule has 4 rings (SSSR count). The molecular weight excluding hydrogens is 689 g/mol. The molecule has 41 heavy (non-hydrogen) atoms. The number of alkyl halides is 6. The Morgan fingerprint density at radius 1 is 0.610 bits per heavy atom. The minimum atomic E-state index is -4.61. The molecule has 4 aromatic rings. The maximum absolute atomic E-state index is 12.6. The summed E-state index contributed by atoms with van der Waals surface area (Å²) in [6.07, 6.45) is -9.17.